The third kappa shape index (κ3) is 3.34. The van der Waals surface area contributed by atoms with Crippen LogP contribution in [0.25, 0.3) is 0 Å². The fraction of sp³-hybridized carbons (Fsp3) is 0.550. The second kappa shape index (κ2) is 6.51. The molecule has 0 saturated carbocycles. The van der Waals surface area contributed by atoms with Crippen LogP contribution in [0.15, 0.2) is 24.3 Å². The van der Waals surface area contributed by atoms with E-state index in [2.05, 4.69) is 51.7 Å². The lowest BCUT2D eigenvalue weighted by Crippen LogP contribution is -2.41. The van der Waals surface area contributed by atoms with Crippen molar-refractivity contribution in [2.45, 2.75) is 64.7 Å². The maximum atomic E-state index is 12.2. The number of rotatable bonds is 2. The first-order valence-electron chi connectivity index (χ1n) is 8.94. The van der Waals surface area contributed by atoms with Crippen molar-refractivity contribution < 1.29 is 14.1 Å². The van der Waals surface area contributed by atoms with Gasteiger partial charge in [0.25, 0.3) is 5.91 Å². The molecule has 2 fully saturated rings. The molecule has 2 saturated heterocycles. The molecular formula is C20H26BNO3. The van der Waals surface area contributed by atoms with E-state index in [4.69, 9.17) is 9.31 Å². The van der Waals surface area contributed by atoms with Gasteiger partial charge in [0.05, 0.1) is 17.2 Å². The molecule has 0 radical (unpaired) electrons. The van der Waals surface area contributed by atoms with Crippen molar-refractivity contribution in [2.75, 3.05) is 6.54 Å². The molecule has 4 nitrogen and oxygen atoms in total. The first-order chi connectivity index (χ1) is 11.7. The van der Waals surface area contributed by atoms with E-state index in [-0.39, 0.29) is 30.3 Å². The van der Waals surface area contributed by atoms with Crippen LogP contribution in [0.3, 0.4) is 0 Å². The van der Waals surface area contributed by atoms with E-state index in [1.165, 1.54) is 0 Å². The molecule has 0 N–H and O–H groups in total. The number of hydrogen-bond acceptors (Lipinski definition) is 3. The van der Waals surface area contributed by atoms with Gasteiger partial charge in [-0.1, -0.05) is 30.2 Å². The lowest BCUT2D eigenvalue weighted by Gasteiger charge is -2.32. The van der Waals surface area contributed by atoms with Crippen LogP contribution in [0.4, 0.5) is 0 Å². The van der Waals surface area contributed by atoms with E-state index < -0.39 is 0 Å². The normalized spacial score (nSPS) is 24.1. The molecule has 1 aromatic rings. The summed E-state index contributed by atoms with van der Waals surface area (Å²) in [5.41, 5.74) is 1.40. The molecule has 1 aromatic carbocycles. The highest BCUT2D eigenvalue weighted by atomic mass is 16.7. The summed E-state index contributed by atoms with van der Waals surface area (Å²) in [6.07, 6.45) is 1.96. The Hall–Kier alpha value is -1.77. The lowest BCUT2D eigenvalue weighted by atomic mass is 9.78. The van der Waals surface area contributed by atoms with Crippen molar-refractivity contribution in [1.29, 1.82) is 0 Å². The van der Waals surface area contributed by atoms with Gasteiger partial charge in [0.15, 0.2) is 0 Å². The lowest BCUT2D eigenvalue weighted by molar-refractivity contribution is -0.126. The van der Waals surface area contributed by atoms with Crippen molar-refractivity contribution in [2.24, 2.45) is 0 Å². The first-order valence-corrected chi connectivity index (χ1v) is 8.94. The smallest absolute Gasteiger partial charge is 0.399 e. The zero-order chi connectivity index (χ0) is 18.2. The minimum atomic E-state index is -0.383. The topological polar surface area (TPSA) is 38.8 Å². The Balaban J connectivity index is 1.85. The SMILES string of the molecule is CC#CC(=O)N1CCCC1c1cccc(B2OC(C)(C)C(C)(C)O2)c1. The summed E-state index contributed by atoms with van der Waals surface area (Å²) < 4.78 is 12.3. The van der Waals surface area contributed by atoms with Crippen LogP contribution >= 0.6 is 0 Å². The Labute approximate surface area is 151 Å². The fourth-order valence-electron chi connectivity index (χ4n) is 3.43. The number of amides is 1. The van der Waals surface area contributed by atoms with E-state index in [1.54, 1.807) is 6.92 Å². The Kier molecular flexibility index (Phi) is 4.70. The quantitative estimate of drug-likeness (QED) is 0.614. The Morgan fingerprint density at radius 2 is 1.92 bits per heavy atom. The summed E-state index contributed by atoms with van der Waals surface area (Å²) in [6, 6.07) is 8.30. The number of benzene rings is 1. The first kappa shape index (κ1) is 18.0. The molecule has 1 atom stereocenters. The Bertz CT molecular complexity index is 716. The molecule has 0 spiro atoms. The molecule has 5 heteroatoms. The van der Waals surface area contributed by atoms with E-state index in [9.17, 15) is 4.79 Å². The standard InChI is InChI=1S/C20H26BNO3/c1-6-9-18(23)22-13-8-12-17(22)15-10-7-11-16(14-15)21-24-19(2,3)20(4,5)25-21/h7,10-11,14,17H,8,12-13H2,1-5H3. The van der Waals surface area contributed by atoms with Gasteiger partial charge in [-0.05, 0) is 64.4 Å². The van der Waals surface area contributed by atoms with E-state index in [1.807, 2.05) is 17.0 Å². The maximum absolute atomic E-state index is 12.2. The van der Waals surface area contributed by atoms with Crippen LogP contribution in [-0.2, 0) is 14.1 Å². The number of likely N-dealkylation sites (tertiary alicyclic amines) is 1. The zero-order valence-electron chi connectivity index (χ0n) is 15.8. The molecule has 0 bridgehead atoms. The summed E-state index contributed by atoms with van der Waals surface area (Å²) in [4.78, 5) is 14.1. The number of carbonyl (C=O) groups excluding carboxylic acids is 1. The van der Waals surface area contributed by atoms with Crippen LogP contribution < -0.4 is 5.46 Å². The highest BCUT2D eigenvalue weighted by Crippen LogP contribution is 2.37. The Morgan fingerprint density at radius 1 is 1.24 bits per heavy atom. The summed E-state index contributed by atoms with van der Waals surface area (Å²) >= 11 is 0. The molecule has 2 heterocycles. The second-order valence-corrected chi connectivity index (χ2v) is 7.79. The minimum absolute atomic E-state index is 0.0794. The highest BCUT2D eigenvalue weighted by Gasteiger charge is 2.51. The molecule has 1 unspecified atom stereocenters. The van der Waals surface area contributed by atoms with Crippen LogP contribution in [0, 0.1) is 11.8 Å². The number of carbonyl (C=O) groups is 1. The van der Waals surface area contributed by atoms with Crippen LogP contribution in [0.2, 0.25) is 0 Å². The maximum Gasteiger partial charge on any atom is 0.494 e. The predicted molar refractivity (Wildman–Crippen MR) is 99.3 cm³/mol. The summed E-state index contributed by atoms with van der Waals surface area (Å²) in [5, 5.41) is 0. The Morgan fingerprint density at radius 3 is 2.56 bits per heavy atom. The van der Waals surface area contributed by atoms with E-state index >= 15 is 0 Å². The largest absolute Gasteiger partial charge is 0.494 e. The van der Waals surface area contributed by atoms with Crippen molar-refractivity contribution in [1.82, 2.24) is 4.90 Å². The summed E-state index contributed by atoms with van der Waals surface area (Å²) in [6.45, 7) is 10.7. The second-order valence-electron chi connectivity index (χ2n) is 7.79. The molecule has 2 aliphatic rings. The van der Waals surface area contributed by atoms with Gasteiger partial charge < -0.3 is 14.2 Å². The third-order valence-corrected chi connectivity index (χ3v) is 5.57. The van der Waals surface area contributed by atoms with Gasteiger partial charge in [0, 0.05) is 6.54 Å². The van der Waals surface area contributed by atoms with Gasteiger partial charge in [-0.3, -0.25) is 4.79 Å². The monoisotopic (exact) mass is 339 g/mol. The molecule has 0 aromatic heterocycles. The molecule has 1 amide bonds. The molecule has 132 valence electrons. The molecule has 3 rings (SSSR count). The zero-order valence-corrected chi connectivity index (χ0v) is 15.8. The van der Waals surface area contributed by atoms with Gasteiger partial charge in [-0.2, -0.15) is 0 Å². The summed E-state index contributed by atoms with van der Waals surface area (Å²) in [7, 11) is -0.383. The van der Waals surface area contributed by atoms with Crippen molar-refractivity contribution in [3.05, 3.63) is 29.8 Å². The fourth-order valence-corrected chi connectivity index (χ4v) is 3.43. The van der Waals surface area contributed by atoms with E-state index in [0.717, 1.165) is 30.4 Å². The van der Waals surface area contributed by atoms with Crippen LogP contribution in [0.5, 0.6) is 0 Å². The van der Waals surface area contributed by atoms with E-state index in [0.29, 0.717) is 0 Å². The van der Waals surface area contributed by atoms with Gasteiger partial charge in [0.2, 0.25) is 0 Å². The van der Waals surface area contributed by atoms with Gasteiger partial charge in [0.1, 0.15) is 0 Å². The van der Waals surface area contributed by atoms with Gasteiger partial charge >= 0.3 is 7.12 Å². The molecule has 25 heavy (non-hydrogen) atoms. The summed E-state index contributed by atoms with van der Waals surface area (Å²) in [5.74, 6) is 5.28. The molecule has 0 aliphatic carbocycles. The highest BCUT2D eigenvalue weighted by molar-refractivity contribution is 6.62. The molecular weight excluding hydrogens is 313 g/mol. The van der Waals surface area contributed by atoms with Crippen LogP contribution in [-0.4, -0.2) is 35.7 Å². The van der Waals surface area contributed by atoms with Gasteiger partial charge in [-0.15, -0.1) is 0 Å². The minimum Gasteiger partial charge on any atom is -0.399 e. The molecule has 2 aliphatic heterocycles. The van der Waals surface area contributed by atoms with Crippen molar-refractivity contribution in [3.8, 4) is 11.8 Å². The van der Waals surface area contributed by atoms with Crippen molar-refractivity contribution >= 4 is 18.5 Å². The average Bonchev–Trinajstić information content (AvgIpc) is 3.11. The van der Waals surface area contributed by atoms with Crippen LogP contribution in [0.1, 0.15) is 59.1 Å². The average molecular weight is 339 g/mol. The van der Waals surface area contributed by atoms with Crippen molar-refractivity contribution in [3.63, 3.8) is 0 Å². The predicted octanol–water partition coefficient (Wildman–Crippen LogP) is 2.67. The third-order valence-electron chi connectivity index (χ3n) is 5.57. The number of nitrogens with zero attached hydrogens (tertiary/aromatic N) is 1. The van der Waals surface area contributed by atoms with Gasteiger partial charge in [-0.25, -0.2) is 0 Å². The number of hydrogen-bond donors (Lipinski definition) is 0.